The van der Waals surface area contributed by atoms with E-state index in [1.807, 2.05) is 6.92 Å². The molecule has 0 saturated heterocycles. The number of halogens is 2. The van der Waals surface area contributed by atoms with Crippen LogP contribution in [0.5, 0.6) is 5.88 Å². The van der Waals surface area contributed by atoms with Gasteiger partial charge in [-0.15, -0.1) is 0 Å². The minimum Gasteiger partial charge on any atom is -0.479 e. The Morgan fingerprint density at radius 1 is 1.26 bits per heavy atom. The lowest BCUT2D eigenvalue weighted by atomic mass is 10.1. The average Bonchev–Trinajstić information content (AvgIpc) is 3.42. The van der Waals surface area contributed by atoms with E-state index >= 15 is 0 Å². The summed E-state index contributed by atoms with van der Waals surface area (Å²) in [5.41, 5.74) is 2.10. The summed E-state index contributed by atoms with van der Waals surface area (Å²) in [6.07, 6.45) is 4.42. The van der Waals surface area contributed by atoms with Crippen LogP contribution in [0, 0.1) is 5.82 Å². The maximum atomic E-state index is 13.5. The van der Waals surface area contributed by atoms with Crippen LogP contribution >= 0.6 is 11.6 Å². The van der Waals surface area contributed by atoms with Gasteiger partial charge >= 0.3 is 5.97 Å². The zero-order valence-corrected chi connectivity index (χ0v) is 17.7. The number of ether oxygens (including phenoxy) is 2. The largest absolute Gasteiger partial charge is 0.479 e. The molecular formula is C20H18ClFN6O3. The molecule has 0 radical (unpaired) electrons. The zero-order valence-electron chi connectivity index (χ0n) is 16.9. The van der Waals surface area contributed by atoms with Crippen LogP contribution in [0.25, 0.3) is 17.0 Å². The van der Waals surface area contributed by atoms with E-state index in [0.717, 1.165) is 5.56 Å². The van der Waals surface area contributed by atoms with Gasteiger partial charge in [0.25, 0.3) is 5.95 Å². The Hall–Kier alpha value is -3.53. The third kappa shape index (κ3) is 3.81. The van der Waals surface area contributed by atoms with E-state index in [2.05, 4.69) is 20.2 Å². The molecule has 0 saturated carbocycles. The quantitative estimate of drug-likeness (QED) is 0.419. The summed E-state index contributed by atoms with van der Waals surface area (Å²) in [6.45, 7) is 3.88. The molecule has 3 aromatic heterocycles. The lowest BCUT2D eigenvalue weighted by molar-refractivity contribution is 0.0526. The Morgan fingerprint density at radius 3 is 2.77 bits per heavy atom. The van der Waals surface area contributed by atoms with E-state index in [0.29, 0.717) is 11.0 Å². The molecule has 0 aliphatic carbocycles. The average molecular weight is 445 g/mol. The molecule has 0 aliphatic rings. The SMILES string of the molecule is CCOC(=O)c1cnn(-c2nc(OC)c3c(cnn3[C@@H](C)c3ccc(F)c(Cl)c3)n2)c1. The summed E-state index contributed by atoms with van der Waals surface area (Å²) >= 11 is 5.93. The second-order valence-corrected chi connectivity index (χ2v) is 7.01. The third-order valence-corrected chi connectivity index (χ3v) is 4.98. The van der Waals surface area contributed by atoms with Crippen LogP contribution in [0.2, 0.25) is 5.02 Å². The normalized spacial score (nSPS) is 12.2. The minimum absolute atomic E-state index is 0.0300. The van der Waals surface area contributed by atoms with Crippen molar-refractivity contribution in [2.24, 2.45) is 0 Å². The number of hydrogen-bond donors (Lipinski definition) is 0. The molecule has 0 spiro atoms. The van der Waals surface area contributed by atoms with Crippen molar-refractivity contribution in [3.05, 3.63) is 58.8 Å². The summed E-state index contributed by atoms with van der Waals surface area (Å²) in [5.74, 6) is -0.501. The molecule has 4 rings (SSSR count). The van der Waals surface area contributed by atoms with Gasteiger partial charge in [-0.2, -0.15) is 15.2 Å². The van der Waals surface area contributed by atoms with E-state index in [-0.39, 0.29) is 35.1 Å². The first-order valence-electron chi connectivity index (χ1n) is 9.39. The molecule has 9 nitrogen and oxygen atoms in total. The van der Waals surface area contributed by atoms with E-state index < -0.39 is 11.8 Å². The van der Waals surface area contributed by atoms with E-state index in [4.69, 9.17) is 21.1 Å². The van der Waals surface area contributed by atoms with Gasteiger partial charge < -0.3 is 9.47 Å². The summed E-state index contributed by atoms with van der Waals surface area (Å²) in [6, 6.07) is 4.21. The Kier molecular flexibility index (Phi) is 5.55. The van der Waals surface area contributed by atoms with Crippen molar-refractivity contribution in [3.63, 3.8) is 0 Å². The number of carbonyl (C=O) groups is 1. The van der Waals surface area contributed by atoms with E-state index in [1.165, 1.54) is 30.3 Å². The van der Waals surface area contributed by atoms with Crippen molar-refractivity contribution in [2.45, 2.75) is 19.9 Å². The third-order valence-electron chi connectivity index (χ3n) is 4.69. The molecule has 0 aliphatic heterocycles. The van der Waals surface area contributed by atoms with Crippen LogP contribution in [0.15, 0.2) is 36.8 Å². The van der Waals surface area contributed by atoms with Crippen molar-refractivity contribution in [1.82, 2.24) is 29.5 Å². The molecule has 0 fully saturated rings. The van der Waals surface area contributed by atoms with Gasteiger partial charge in [-0.3, -0.25) is 4.68 Å². The lowest BCUT2D eigenvalue weighted by Gasteiger charge is -2.15. The molecule has 0 amide bonds. The Morgan fingerprint density at radius 2 is 2.06 bits per heavy atom. The zero-order chi connectivity index (χ0) is 22.1. The summed E-state index contributed by atoms with van der Waals surface area (Å²) in [4.78, 5) is 20.8. The summed E-state index contributed by atoms with van der Waals surface area (Å²) in [7, 11) is 1.48. The highest BCUT2D eigenvalue weighted by Crippen LogP contribution is 2.30. The van der Waals surface area contributed by atoms with Crippen LogP contribution < -0.4 is 4.74 Å². The van der Waals surface area contributed by atoms with Crippen LogP contribution in [-0.4, -0.2) is 49.2 Å². The highest BCUT2D eigenvalue weighted by Gasteiger charge is 2.21. The number of rotatable bonds is 6. The second-order valence-electron chi connectivity index (χ2n) is 6.60. The molecule has 4 aromatic rings. The second kappa shape index (κ2) is 8.31. The molecular weight excluding hydrogens is 427 g/mol. The molecule has 1 atom stereocenters. The summed E-state index contributed by atoms with van der Waals surface area (Å²) < 4.78 is 27.0. The number of hydrogen-bond acceptors (Lipinski definition) is 7. The van der Waals surface area contributed by atoms with Crippen molar-refractivity contribution in [3.8, 4) is 11.8 Å². The number of benzene rings is 1. The van der Waals surface area contributed by atoms with Crippen LogP contribution in [0.4, 0.5) is 4.39 Å². The predicted molar refractivity (Wildman–Crippen MR) is 110 cm³/mol. The molecule has 11 heteroatoms. The van der Waals surface area contributed by atoms with Crippen molar-refractivity contribution in [2.75, 3.05) is 13.7 Å². The molecule has 160 valence electrons. The number of carbonyl (C=O) groups excluding carboxylic acids is 1. The first-order chi connectivity index (χ1) is 14.9. The number of aromatic nitrogens is 6. The van der Waals surface area contributed by atoms with Crippen LogP contribution in [0.1, 0.15) is 35.8 Å². The predicted octanol–water partition coefficient (Wildman–Crippen LogP) is 3.60. The smallest absolute Gasteiger partial charge is 0.341 e. The van der Waals surface area contributed by atoms with Gasteiger partial charge in [0.2, 0.25) is 5.88 Å². The number of methoxy groups -OCH3 is 1. The fourth-order valence-electron chi connectivity index (χ4n) is 3.12. The van der Waals surface area contributed by atoms with Crippen molar-refractivity contribution in [1.29, 1.82) is 0 Å². The molecule has 0 unspecified atom stereocenters. The van der Waals surface area contributed by atoms with Gasteiger partial charge in [-0.25, -0.2) is 18.9 Å². The van der Waals surface area contributed by atoms with Crippen LogP contribution in [-0.2, 0) is 4.74 Å². The maximum absolute atomic E-state index is 13.5. The summed E-state index contributed by atoms with van der Waals surface area (Å²) in [5, 5.41) is 8.59. The van der Waals surface area contributed by atoms with Gasteiger partial charge in [0.1, 0.15) is 16.9 Å². The van der Waals surface area contributed by atoms with E-state index in [9.17, 15) is 9.18 Å². The van der Waals surface area contributed by atoms with Gasteiger partial charge in [0.05, 0.1) is 42.7 Å². The molecule has 0 bridgehead atoms. The fraction of sp³-hybridized carbons (Fsp3) is 0.250. The van der Waals surface area contributed by atoms with Gasteiger partial charge in [0, 0.05) is 6.20 Å². The Labute approximate surface area is 181 Å². The van der Waals surface area contributed by atoms with Gasteiger partial charge in [-0.05, 0) is 31.5 Å². The van der Waals surface area contributed by atoms with Crippen molar-refractivity contribution < 1.29 is 18.7 Å². The standard InChI is InChI=1S/C20H18ClFN6O3/c1-4-31-19(29)13-8-23-27(10-13)20-25-16-9-24-28(17(16)18(26-20)30-3)11(2)12-5-6-15(22)14(21)7-12/h5-11H,4H2,1-3H3/t11-/m0/s1. The minimum atomic E-state index is -0.491. The topological polar surface area (TPSA) is 97.0 Å². The first-order valence-corrected chi connectivity index (χ1v) is 9.77. The fourth-order valence-corrected chi connectivity index (χ4v) is 3.31. The number of esters is 1. The van der Waals surface area contributed by atoms with Crippen molar-refractivity contribution >= 4 is 28.6 Å². The first kappa shape index (κ1) is 20.7. The van der Waals surface area contributed by atoms with E-state index in [1.54, 1.807) is 29.9 Å². The van der Waals surface area contributed by atoms with Gasteiger partial charge in [-0.1, -0.05) is 17.7 Å². The monoisotopic (exact) mass is 444 g/mol. The molecule has 1 aromatic carbocycles. The Bertz CT molecular complexity index is 1270. The molecule has 31 heavy (non-hydrogen) atoms. The maximum Gasteiger partial charge on any atom is 0.341 e. The molecule has 3 heterocycles. The Balaban J connectivity index is 1.75. The van der Waals surface area contributed by atoms with Gasteiger partial charge in [0.15, 0.2) is 0 Å². The highest BCUT2D eigenvalue weighted by molar-refractivity contribution is 6.30. The molecule has 0 N–H and O–H groups in total. The highest BCUT2D eigenvalue weighted by atomic mass is 35.5. The lowest BCUT2D eigenvalue weighted by Crippen LogP contribution is -2.11. The number of fused-ring (bicyclic) bond motifs is 1. The van der Waals surface area contributed by atoms with Crippen LogP contribution in [0.3, 0.4) is 0 Å². The number of nitrogens with zero attached hydrogens (tertiary/aromatic N) is 6.